The quantitative estimate of drug-likeness (QED) is 0.185. The lowest BCUT2D eigenvalue weighted by molar-refractivity contribution is -0.141. The molecule has 43 heavy (non-hydrogen) atoms. The number of aliphatic hydroxyl groups excluding tert-OH is 1. The van der Waals surface area contributed by atoms with Crippen LogP contribution in [0.4, 0.5) is 0 Å². The molecule has 9 heteroatoms. The van der Waals surface area contributed by atoms with Gasteiger partial charge >= 0.3 is 5.97 Å². The van der Waals surface area contributed by atoms with E-state index in [1.807, 2.05) is 44.2 Å². The first-order valence-corrected chi connectivity index (χ1v) is 15.1. The minimum Gasteiger partial charge on any atom is -0.507 e. The van der Waals surface area contributed by atoms with Crippen LogP contribution in [-0.4, -0.2) is 68.8 Å². The van der Waals surface area contributed by atoms with Crippen LogP contribution in [0.2, 0.25) is 0 Å². The molecular formula is C34H40N2O7. The van der Waals surface area contributed by atoms with Crippen molar-refractivity contribution in [3.63, 3.8) is 0 Å². The van der Waals surface area contributed by atoms with Gasteiger partial charge in [0.2, 0.25) is 11.8 Å². The van der Waals surface area contributed by atoms with Gasteiger partial charge in [0, 0.05) is 25.1 Å². The average Bonchev–Trinajstić information content (AvgIpc) is 3.52. The summed E-state index contributed by atoms with van der Waals surface area (Å²) in [5, 5.41) is 29.5. The van der Waals surface area contributed by atoms with Gasteiger partial charge in [-0.25, -0.2) is 0 Å². The summed E-state index contributed by atoms with van der Waals surface area (Å²) in [5.74, 6) is -2.16. The van der Waals surface area contributed by atoms with Gasteiger partial charge in [-0.15, -0.1) is 0 Å². The number of carboxylic acids is 1. The van der Waals surface area contributed by atoms with Crippen LogP contribution in [0.5, 0.6) is 5.75 Å². The predicted octanol–water partition coefficient (Wildman–Crippen LogP) is 4.68. The number of aliphatic carboxylic acids is 1. The molecule has 2 fully saturated rings. The number of hydrogen-bond donors (Lipinski definition) is 3. The van der Waals surface area contributed by atoms with E-state index in [4.69, 9.17) is 9.84 Å². The molecule has 0 saturated carbocycles. The number of amides is 2. The van der Waals surface area contributed by atoms with Crippen molar-refractivity contribution in [2.45, 2.75) is 64.9 Å². The van der Waals surface area contributed by atoms with E-state index in [2.05, 4.69) is 11.1 Å². The molecule has 1 aromatic carbocycles. The first-order valence-electron chi connectivity index (χ1n) is 15.1. The number of pyridine rings is 1. The van der Waals surface area contributed by atoms with Crippen molar-refractivity contribution in [2.24, 2.45) is 17.8 Å². The first-order chi connectivity index (χ1) is 20.7. The van der Waals surface area contributed by atoms with Gasteiger partial charge in [-0.2, -0.15) is 0 Å². The molecule has 0 radical (unpaired) electrons. The molecule has 0 spiro atoms. The SMILES string of the molecule is Cc1cc(/C=C(/CC[C@H]2OC[C@H]3C2=C(CO)C[C@H]2C(=O)N(CCCCCC(=O)O)C(=O)[C@H]23)c2ccccn2)cc(C)c1O. The lowest BCUT2D eigenvalue weighted by Gasteiger charge is -2.31. The highest BCUT2D eigenvalue weighted by molar-refractivity contribution is 6.06. The number of likely N-dealkylation sites (tertiary alicyclic amines) is 1. The van der Waals surface area contributed by atoms with Crippen molar-refractivity contribution in [2.75, 3.05) is 19.8 Å². The number of nitrogens with zero attached hydrogens (tertiary/aromatic N) is 2. The summed E-state index contributed by atoms with van der Waals surface area (Å²) in [6, 6.07) is 9.67. The first kappa shape index (κ1) is 30.6. The van der Waals surface area contributed by atoms with Crippen LogP contribution in [-0.2, 0) is 19.1 Å². The molecule has 2 aromatic rings. The Labute approximate surface area is 251 Å². The van der Waals surface area contributed by atoms with Gasteiger partial charge in [0.25, 0.3) is 0 Å². The Morgan fingerprint density at radius 2 is 1.84 bits per heavy atom. The topological polar surface area (TPSA) is 137 Å². The van der Waals surface area contributed by atoms with Crippen molar-refractivity contribution in [3.05, 3.63) is 70.1 Å². The number of aryl methyl sites for hydroxylation is 2. The monoisotopic (exact) mass is 588 g/mol. The van der Waals surface area contributed by atoms with E-state index in [1.54, 1.807) is 6.20 Å². The highest BCUT2D eigenvalue weighted by Crippen LogP contribution is 2.50. The minimum absolute atomic E-state index is 0.0759. The Morgan fingerprint density at radius 3 is 2.51 bits per heavy atom. The fourth-order valence-corrected chi connectivity index (χ4v) is 7.02. The van der Waals surface area contributed by atoms with Crippen LogP contribution in [0.3, 0.4) is 0 Å². The minimum atomic E-state index is -0.849. The molecule has 228 valence electrons. The second-order valence-electron chi connectivity index (χ2n) is 11.9. The third kappa shape index (κ3) is 6.43. The smallest absolute Gasteiger partial charge is 0.303 e. The average molecular weight is 589 g/mol. The van der Waals surface area contributed by atoms with Crippen molar-refractivity contribution in [1.29, 1.82) is 0 Å². The van der Waals surface area contributed by atoms with Gasteiger partial charge < -0.3 is 20.1 Å². The fraction of sp³-hybridized carbons (Fsp3) is 0.471. The standard InChI is InChI=1S/C34H40N2O7/c1-20-14-22(15-21(2)32(20)40)16-23(27-8-5-6-12-35-27)10-11-28-30-24(18-37)17-25-31(26(30)19-43-28)34(42)36(33(25)41)13-7-3-4-9-29(38)39/h5-6,8,12,14-16,25-26,28,31,37,40H,3-4,7,9-11,13,17-19H2,1-2H3,(H,38,39)/b23-16-/t25-,26+,28-,31-/m1/s1. The van der Waals surface area contributed by atoms with E-state index in [0.717, 1.165) is 39.1 Å². The molecule has 3 heterocycles. The summed E-state index contributed by atoms with van der Waals surface area (Å²) in [7, 11) is 0. The summed E-state index contributed by atoms with van der Waals surface area (Å²) in [6.45, 7) is 4.19. The van der Waals surface area contributed by atoms with Crippen molar-refractivity contribution < 1.29 is 34.4 Å². The Hall–Kier alpha value is -3.82. The number of aliphatic hydroxyl groups is 1. The number of carbonyl (C=O) groups excluding carboxylic acids is 2. The molecule has 1 aliphatic carbocycles. The number of unbranched alkanes of at least 4 members (excludes halogenated alkanes) is 2. The Kier molecular flexibility index (Phi) is 9.42. The molecule has 2 saturated heterocycles. The van der Waals surface area contributed by atoms with Crippen molar-refractivity contribution in [3.8, 4) is 5.75 Å². The number of benzene rings is 1. The summed E-state index contributed by atoms with van der Waals surface area (Å²) in [6.07, 6.45) is 6.97. The van der Waals surface area contributed by atoms with Crippen LogP contribution in [0.15, 0.2) is 47.7 Å². The van der Waals surface area contributed by atoms with Gasteiger partial charge in [0.05, 0.1) is 36.8 Å². The summed E-state index contributed by atoms with van der Waals surface area (Å²) < 4.78 is 6.30. The number of fused-ring (bicyclic) bond motifs is 3. The van der Waals surface area contributed by atoms with E-state index in [-0.39, 0.29) is 42.6 Å². The molecule has 4 atom stereocenters. The number of phenols is 1. The Balaban J connectivity index is 1.33. The number of carboxylic acid groups (broad SMARTS) is 1. The molecule has 1 aromatic heterocycles. The summed E-state index contributed by atoms with van der Waals surface area (Å²) in [5.41, 5.74) is 6.18. The maximum Gasteiger partial charge on any atom is 0.303 e. The summed E-state index contributed by atoms with van der Waals surface area (Å²) in [4.78, 5) is 43.6. The fourth-order valence-electron chi connectivity index (χ4n) is 7.02. The second-order valence-corrected chi connectivity index (χ2v) is 11.9. The van der Waals surface area contributed by atoms with E-state index >= 15 is 0 Å². The van der Waals surface area contributed by atoms with Crippen molar-refractivity contribution in [1.82, 2.24) is 9.88 Å². The zero-order valence-electron chi connectivity index (χ0n) is 24.8. The third-order valence-electron chi connectivity index (χ3n) is 9.09. The summed E-state index contributed by atoms with van der Waals surface area (Å²) >= 11 is 0. The molecule has 0 bridgehead atoms. The molecule has 2 amide bonds. The van der Waals surface area contributed by atoms with E-state index in [1.165, 1.54) is 4.90 Å². The molecular weight excluding hydrogens is 548 g/mol. The largest absolute Gasteiger partial charge is 0.507 e. The number of aromatic hydroxyl groups is 1. The molecule has 9 nitrogen and oxygen atoms in total. The highest BCUT2D eigenvalue weighted by Gasteiger charge is 2.56. The zero-order valence-corrected chi connectivity index (χ0v) is 24.8. The van der Waals surface area contributed by atoms with Gasteiger partial charge in [0.15, 0.2) is 0 Å². The number of aromatic nitrogens is 1. The Bertz CT molecular complexity index is 1420. The maximum atomic E-state index is 13.5. The number of hydrogen-bond acceptors (Lipinski definition) is 7. The predicted molar refractivity (Wildman–Crippen MR) is 161 cm³/mol. The lowest BCUT2D eigenvalue weighted by Crippen LogP contribution is -2.35. The number of carbonyl (C=O) groups is 3. The maximum absolute atomic E-state index is 13.5. The van der Waals surface area contributed by atoms with Gasteiger partial charge in [-0.1, -0.05) is 12.5 Å². The van der Waals surface area contributed by atoms with Gasteiger partial charge in [-0.3, -0.25) is 24.3 Å². The van der Waals surface area contributed by atoms with E-state index in [9.17, 15) is 24.6 Å². The molecule has 3 aliphatic rings. The van der Waals surface area contributed by atoms with E-state index < -0.39 is 17.8 Å². The number of allylic oxidation sites excluding steroid dienone is 1. The number of imide groups is 1. The highest BCUT2D eigenvalue weighted by atomic mass is 16.5. The normalized spacial score (nSPS) is 23.6. The molecule has 3 N–H and O–H groups in total. The van der Waals surface area contributed by atoms with Crippen LogP contribution in [0.25, 0.3) is 11.6 Å². The second kappa shape index (κ2) is 13.2. The molecule has 0 unspecified atom stereocenters. The molecule has 5 rings (SSSR count). The van der Waals surface area contributed by atoms with Crippen molar-refractivity contribution >= 4 is 29.4 Å². The number of ether oxygens (including phenoxy) is 1. The lowest BCUT2D eigenvalue weighted by atomic mass is 9.69. The van der Waals surface area contributed by atoms with Gasteiger partial charge in [0.1, 0.15) is 5.75 Å². The van der Waals surface area contributed by atoms with Crippen LogP contribution >= 0.6 is 0 Å². The number of rotatable bonds is 12. The third-order valence-corrected chi connectivity index (χ3v) is 9.09. The molecule has 2 aliphatic heterocycles. The van der Waals surface area contributed by atoms with Crippen LogP contribution in [0, 0.1) is 31.6 Å². The zero-order chi connectivity index (χ0) is 30.7. The van der Waals surface area contributed by atoms with E-state index in [0.29, 0.717) is 51.7 Å². The van der Waals surface area contributed by atoms with Crippen LogP contribution < -0.4 is 0 Å². The van der Waals surface area contributed by atoms with Gasteiger partial charge in [-0.05, 0) is 110 Å². The Morgan fingerprint density at radius 1 is 1.07 bits per heavy atom. The number of phenolic OH excluding ortho intramolecular Hbond substituents is 1. The van der Waals surface area contributed by atoms with Crippen LogP contribution in [0.1, 0.15) is 67.3 Å².